The number of amides is 3. The molecule has 0 radical (unpaired) electrons. The zero-order valence-electron chi connectivity index (χ0n) is 67.1. The van der Waals surface area contributed by atoms with Crippen LogP contribution in [0.25, 0.3) is 5.76 Å². The van der Waals surface area contributed by atoms with E-state index in [0.29, 0.717) is 58.7 Å². The van der Waals surface area contributed by atoms with Gasteiger partial charge in [-0.1, -0.05) is 32.9 Å². The number of nitrogens with zero attached hydrogens (tertiary/aromatic N) is 15. The Kier molecular flexibility index (Phi) is 27.8. The van der Waals surface area contributed by atoms with Crippen LogP contribution in [-0.2, 0) is 37.7 Å². The van der Waals surface area contributed by atoms with E-state index in [1.807, 2.05) is 128 Å². The predicted octanol–water partition coefficient (Wildman–Crippen LogP) is 14.4. The van der Waals surface area contributed by atoms with E-state index in [2.05, 4.69) is 84.3 Å². The number of carbonyl (C=O) groups excluding carboxylic acids is 3. The number of H-pyrrole nitrogens is 3. The molecule has 16 heterocycles. The summed E-state index contributed by atoms with van der Waals surface area (Å²) in [6.45, 7) is 20.2. The Labute approximate surface area is 663 Å². The molecule has 6 bridgehead atoms. The van der Waals surface area contributed by atoms with Gasteiger partial charge >= 0.3 is 25.4 Å². The van der Waals surface area contributed by atoms with Crippen LogP contribution in [0.3, 0.4) is 0 Å². The average Bonchev–Trinajstić information content (AvgIpc) is 1.45. The van der Waals surface area contributed by atoms with Crippen LogP contribution in [0.1, 0.15) is 206 Å². The van der Waals surface area contributed by atoms with Gasteiger partial charge in [0.2, 0.25) is 17.8 Å². The summed E-state index contributed by atoms with van der Waals surface area (Å²) >= 11 is 6.27. The predicted molar refractivity (Wildman–Crippen MR) is 432 cm³/mol. The highest BCUT2D eigenvalue weighted by atomic mass is 35.5. The first-order valence-corrected chi connectivity index (χ1v) is 39.9. The Morgan fingerprint density at radius 2 is 0.884 bits per heavy atom. The van der Waals surface area contributed by atoms with Crippen molar-refractivity contribution in [2.45, 2.75) is 263 Å². The lowest BCUT2D eigenvalue weighted by Crippen LogP contribution is -2.58. The molecule has 6 N–H and O–H groups in total. The van der Waals surface area contributed by atoms with Gasteiger partial charge in [-0.05, 0) is 170 Å². The lowest BCUT2D eigenvalue weighted by atomic mass is 9.81. The summed E-state index contributed by atoms with van der Waals surface area (Å²) in [6.07, 6.45) is 22.0. The van der Waals surface area contributed by atoms with Crippen LogP contribution in [0.2, 0.25) is 5.15 Å². The zero-order chi connectivity index (χ0) is 78.8. The van der Waals surface area contributed by atoms with Crippen LogP contribution in [-0.4, -0.2) is 228 Å². The quantitative estimate of drug-likeness (QED) is 0.0316. The molecule has 10 aliphatic rings. The molecular weight excluding hydrogens is 1450 g/mol. The number of hydrogen-bond acceptors (Lipinski definition) is 26. The fourth-order valence-corrected chi connectivity index (χ4v) is 16.9. The highest BCUT2D eigenvalue weighted by molar-refractivity contribution is 6.53. The normalized spacial score (nSPS) is 24.8. The highest BCUT2D eigenvalue weighted by Gasteiger charge is 2.54. The fraction of sp³-hybridized carbons (Fsp3) is 0.641. The first-order chi connectivity index (χ1) is 53.4. The molecule has 0 saturated carbocycles. The highest BCUT2D eigenvalue weighted by Crippen LogP contribution is 2.43. The summed E-state index contributed by atoms with van der Waals surface area (Å²) in [4.78, 5) is 77.7. The van der Waals surface area contributed by atoms with Crippen molar-refractivity contribution in [3.8, 4) is 0 Å². The molecule has 0 aromatic carbocycles. The van der Waals surface area contributed by atoms with E-state index in [4.69, 9.17) is 69.3 Å². The number of carbonyl (C=O) groups is 3. The molecule has 0 aliphatic carbocycles. The molecule has 4 unspecified atom stereocenters. The lowest BCUT2D eigenvalue weighted by molar-refractivity contribution is 0.00578. The Hall–Kier alpha value is -9.21. The standard InChI is InChI=1S/C23H33N7O3.C23H31N7O3.C19H26ClN7O2.C10H17BO3.C2H6.CH4/c2*1-14-10-21(28-27-14)25-20-13-18(19-8-5-9-33-19)24-22(26-20)29(2)17-11-15-6-4-7-16(12-17)30(15)23(31)32-3;1-11-7-17(25-24-11)22-16-10-15(20)21-18(23-16)26(2)14-8-12-5-4-6-13(9-14)27(12)19(28)29-3;1-9(2)10(3,4)14-11(13-9)8-6-5-7-12-8;1-2;/h10,13,15-17,19H,4-9,11-12H2,1-3H3,(H2,24,25,26,27,28);8,10,13,15-17H,4-7,9,11-12H2,1-3H3,(H2,24,25,26,27,28);7,10,12-14H,4-6,8-9H2,1-3H3,(H2,21,22,23,24,25);6H,5,7H2,1-4H3;1-2H3;1H4/t15-,16+,17?,19?;15-,16+,17?;12-,13+,14?;;;. The van der Waals surface area contributed by atoms with Gasteiger partial charge in [0.1, 0.15) is 39.7 Å². The number of rotatable bonds is 15. The van der Waals surface area contributed by atoms with Crippen molar-refractivity contribution in [2.75, 3.05) is 92.9 Å². The number of halogens is 1. The maximum absolute atomic E-state index is 12.4. The van der Waals surface area contributed by atoms with Crippen LogP contribution < -0.4 is 30.7 Å². The minimum Gasteiger partial charge on any atom is -0.501 e. The summed E-state index contributed by atoms with van der Waals surface area (Å²) in [5, 5.41) is 31.6. The van der Waals surface area contributed by atoms with E-state index < -0.39 is 0 Å². The van der Waals surface area contributed by atoms with Gasteiger partial charge in [-0.2, -0.15) is 30.2 Å². The second-order valence-corrected chi connectivity index (χ2v) is 31.5. The summed E-state index contributed by atoms with van der Waals surface area (Å²) < 4.78 is 44.0. The van der Waals surface area contributed by atoms with Crippen molar-refractivity contribution in [1.29, 1.82) is 0 Å². The Morgan fingerprint density at radius 3 is 1.24 bits per heavy atom. The van der Waals surface area contributed by atoms with Gasteiger partial charge in [-0.3, -0.25) is 15.3 Å². The van der Waals surface area contributed by atoms with Gasteiger partial charge in [0.05, 0.1) is 57.5 Å². The maximum atomic E-state index is 12.4. The third-order valence-corrected chi connectivity index (χ3v) is 23.2. The molecule has 6 aromatic heterocycles. The monoisotopic (exact) mass is 1570 g/mol. The van der Waals surface area contributed by atoms with Crippen molar-refractivity contribution in [2.24, 2.45) is 0 Å². The SMILES string of the molecule is C.CC.CC1(C)OB(C2=CCCO2)OC1(C)C.COC(=O)N1[C@@H]2CCC[C@H]1CC(N(C)c1nc(Cl)cc(Nc3cc(C)[nH]n3)n1)C2.COC(=O)N1[C@@H]2CCC[C@H]1CC(N(C)c1nc(Nc3cc(C)[nH]n3)cc(C3=CCCO3)n1)C2.COC(=O)N1[C@@H]2CCC[C@H]1CC(N(C)c1nc(Nc3cc(C)[nH]n3)cc(C3CCCO3)n1)C2. The van der Waals surface area contributed by atoms with E-state index in [9.17, 15) is 14.4 Å². The first kappa shape index (κ1) is 83.7. The largest absolute Gasteiger partial charge is 0.531 e. The molecule has 16 rings (SSSR count). The Morgan fingerprint density at radius 1 is 0.500 bits per heavy atom. The van der Waals surface area contributed by atoms with Crippen molar-refractivity contribution in [3.63, 3.8) is 0 Å². The summed E-state index contributed by atoms with van der Waals surface area (Å²) in [7, 11) is 10.2. The van der Waals surface area contributed by atoms with E-state index in [1.165, 1.54) is 21.3 Å². The Balaban J connectivity index is 0.000000151. The molecule has 8 fully saturated rings. The zero-order valence-corrected chi connectivity index (χ0v) is 67.9. The number of hydrogen-bond donors (Lipinski definition) is 6. The van der Waals surface area contributed by atoms with E-state index in [-0.39, 0.29) is 105 Å². The van der Waals surface area contributed by atoms with Crippen LogP contribution in [0.15, 0.2) is 54.2 Å². The van der Waals surface area contributed by atoms with E-state index >= 15 is 0 Å². The number of nitrogens with one attached hydrogen (secondary N) is 6. The molecule has 10 aliphatic heterocycles. The van der Waals surface area contributed by atoms with Crippen LogP contribution in [0, 0.1) is 20.8 Å². The molecule has 32 nitrogen and oxygen atoms in total. The number of aromatic amines is 3. The molecule has 3 amide bonds. The molecule has 8 saturated heterocycles. The topological polar surface area (TPSA) is 344 Å². The summed E-state index contributed by atoms with van der Waals surface area (Å²) in [6, 6.07) is 13.2. The third-order valence-electron chi connectivity index (χ3n) is 23.0. The number of anilines is 9. The fourth-order valence-electron chi connectivity index (χ4n) is 16.8. The van der Waals surface area contributed by atoms with Crippen molar-refractivity contribution in [1.82, 2.24) is 75.2 Å². The number of aromatic nitrogens is 12. The van der Waals surface area contributed by atoms with Gasteiger partial charge < -0.3 is 83.1 Å². The molecule has 610 valence electrons. The molecule has 6 aromatic rings. The molecule has 112 heavy (non-hydrogen) atoms. The minimum absolute atomic E-state index is 0. The van der Waals surface area contributed by atoms with Gasteiger partial charge in [0.15, 0.2) is 17.5 Å². The first-order valence-electron chi connectivity index (χ1n) is 39.5. The van der Waals surface area contributed by atoms with Crippen molar-refractivity contribution >= 4 is 95.5 Å². The number of ether oxygens (including phenoxy) is 6. The smallest absolute Gasteiger partial charge is 0.501 e. The number of fused-ring (bicyclic) bond motifs is 6. The Bertz CT molecular complexity index is 4150. The second kappa shape index (κ2) is 37.2. The minimum atomic E-state index is -0.317. The number of aryl methyl sites for hydroxylation is 3. The third kappa shape index (κ3) is 19.7. The van der Waals surface area contributed by atoms with E-state index in [0.717, 1.165) is 181 Å². The lowest BCUT2D eigenvalue weighted by Gasteiger charge is -2.49. The van der Waals surface area contributed by atoms with Crippen LogP contribution in [0.5, 0.6) is 0 Å². The molecule has 34 heteroatoms. The second-order valence-electron chi connectivity index (χ2n) is 31.1. The van der Waals surface area contributed by atoms with Crippen LogP contribution in [0.4, 0.5) is 67.1 Å². The van der Waals surface area contributed by atoms with Gasteiger partial charge in [-0.15, -0.1) is 0 Å². The van der Waals surface area contributed by atoms with Crippen LogP contribution >= 0.6 is 11.6 Å². The molecule has 0 spiro atoms. The molecule has 10 atom stereocenters. The van der Waals surface area contributed by atoms with Gasteiger partial charge in [0.25, 0.3) is 0 Å². The average molecular weight is 1570 g/mol. The molecular formula is C78H117BClN21O11. The van der Waals surface area contributed by atoms with Gasteiger partial charge in [-0.25, -0.2) is 29.3 Å². The van der Waals surface area contributed by atoms with E-state index in [1.54, 1.807) is 6.07 Å². The van der Waals surface area contributed by atoms with Crippen molar-refractivity contribution < 1.29 is 52.1 Å². The summed E-state index contributed by atoms with van der Waals surface area (Å²) in [5.41, 5.74) is 4.84. The van der Waals surface area contributed by atoms with Gasteiger partial charge in [0, 0.05) is 148 Å². The summed E-state index contributed by atoms with van der Waals surface area (Å²) in [5.74, 6) is 6.70. The number of piperidine rings is 6. The maximum Gasteiger partial charge on any atom is 0.531 e. The van der Waals surface area contributed by atoms with Crippen molar-refractivity contribution in [3.05, 3.63) is 87.8 Å². The number of methoxy groups -OCH3 is 3.